The average Bonchev–Trinajstić information content (AvgIpc) is 2.43. The van der Waals surface area contributed by atoms with Gasteiger partial charge in [0.2, 0.25) is 0 Å². The zero-order valence-electron chi connectivity index (χ0n) is 12.5. The van der Waals surface area contributed by atoms with Gasteiger partial charge >= 0.3 is 0 Å². The van der Waals surface area contributed by atoms with Gasteiger partial charge in [-0.3, -0.25) is 9.80 Å². The lowest BCUT2D eigenvalue weighted by atomic mass is 9.74. The molecule has 0 aromatic rings. The van der Waals surface area contributed by atoms with E-state index in [0.717, 1.165) is 12.1 Å². The molecule has 3 heterocycles. The maximum absolute atomic E-state index is 2.76. The van der Waals surface area contributed by atoms with Crippen LogP contribution in [0.15, 0.2) is 0 Å². The first-order valence-electron chi connectivity index (χ1n) is 7.34. The maximum atomic E-state index is 2.76. The second kappa shape index (κ2) is 4.55. The molecule has 0 radical (unpaired) electrons. The van der Waals surface area contributed by atoms with Crippen molar-refractivity contribution in [2.24, 2.45) is 5.41 Å². The average molecular weight is 238 g/mol. The zero-order valence-corrected chi connectivity index (χ0v) is 12.5. The Morgan fingerprint density at radius 1 is 1.00 bits per heavy atom. The SMILES string of the molecule is CC(C)N1CCC2N(C(C)C)CC1CC2(C)C. The molecule has 0 N–H and O–H groups in total. The van der Waals surface area contributed by atoms with E-state index < -0.39 is 0 Å². The van der Waals surface area contributed by atoms with Gasteiger partial charge in [0.1, 0.15) is 0 Å². The van der Waals surface area contributed by atoms with Crippen molar-refractivity contribution in [2.75, 3.05) is 13.1 Å². The second-order valence-electron chi connectivity index (χ2n) is 7.27. The normalized spacial score (nSPS) is 34.6. The van der Waals surface area contributed by atoms with Crippen molar-refractivity contribution in [2.45, 2.75) is 78.6 Å². The first-order valence-corrected chi connectivity index (χ1v) is 7.34. The molecule has 3 aliphatic heterocycles. The third kappa shape index (κ3) is 2.39. The minimum absolute atomic E-state index is 0.483. The van der Waals surface area contributed by atoms with E-state index in [0.29, 0.717) is 17.5 Å². The summed E-state index contributed by atoms with van der Waals surface area (Å²) in [7, 11) is 0. The van der Waals surface area contributed by atoms with E-state index in [1.807, 2.05) is 0 Å². The maximum Gasteiger partial charge on any atom is 0.0231 e. The molecule has 2 atom stereocenters. The smallest absolute Gasteiger partial charge is 0.0231 e. The molecule has 0 aliphatic carbocycles. The van der Waals surface area contributed by atoms with E-state index in [2.05, 4.69) is 51.3 Å². The molecule has 17 heavy (non-hydrogen) atoms. The fourth-order valence-electron chi connectivity index (χ4n) is 4.11. The molecule has 3 saturated heterocycles. The fraction of sp³-hybridized carbons (Fsp3) is 1.00. The molecule has 2 nitrogen and oxygen atoms in total. The third-order valence-corrected chi connectivity index (χ3v) is 4.94. The van der Waals surface area contributed by atoms with Crippen molar-refractivity contribution in [3.05, 3.63) is 0 Å². The quantitative estimate of drug-likeness (QED) is 0.730. The lowest BCUT2D eigenvalue weighted by Gasteiger charge is -2.50. The highest BCUT2D eigenvalue weighted by Crippen LogP contribution is 2.42. The fourth-order valence-corrected chi connectivity index (χ4v) is 4.11. The van der Waals surface area contributed by atoms with Gasteiger partial charge in [0.05, 0.1) is 0 Å². The van der Waals surface area contributed by atoms with Crippen LogP contribution in [0.1, 0.15) is 54.4 Å². The first kappa shape index (κ1) is 13.4. The van der Waals surface area contributed by atoms with Gasteiger partial charge in [-0.05, 0) is 46.0 Å². The van der Waals surface area contributed by atoms with E-state index >= 15 is 0 Å². The Labute approximate surface area is 107 Å². The first-order chi connectivity index (χ1) is 7.83. The van der Waals surface area contributed by atoms with Gasteiger partial charge in [0, 0.05) is 37.3 Å². The number of fused-ring (bicyclic) bond motifs is 4. The lowest BCUT2D eigenvalue weighted by molar-refractivity contribution is -0.00779. The summed E-state index contributed by atoms with van der Waals surface area (Å²) in [6.07, 6.45) is 2.72. The van der Waals surface area contributed by atoms with Gasteiger partial charge in [-0.25, -0.2) is 0 Å². The number of nitrogens with zero attached hydrogens (tertiary/aromatic N) is 2. The zero-order chi connectivity index (χ0) is 12.8. The molecular formula is C15H30N2. The van der Waals surface area contributed by atoms with Crippen LogP contribution < -0.4 is 0 Å². The standard InChI is InChI=1S/C15H30N2/c1-11(2)16-8-7-14-15(5,6)9-13(16)10-17(14)12(3)4/h11-14H,7-10H2,1-6H3. The minimum Gasteiger partial charge on any atom is -0.297 e. The molecule has 3 aliphatic rings. The van der Waals surface area contributed by atoms with Crippen LogP contribution in [0.4, 0.5) is 0 Å². The summed E-state index contributed by atoms with van der Waals surface area (Å²) in [5.41, 5.74) is 0.483. The predicted octanol–water partition coefficient (Wildman–Crippen LogP) is 2.98. The Kier molecular flexibility index (Phi) is 3.57. The molecule has 0 aromatic carbocycles. The predicted molar refractivity (Wildman–Crippen MR) is 74.3 cm³/mol. The van der Waals surface area contributed by atoms with Gasteiger partial charge < -0.3 is 0 Å². The van der Waals surface area contributed by atoms with E-state index in [1.165, 1.54) is 25.9 Å². The van der Waals surface area contributed by atoms with Crippen LogP contribution in [0.5, 0.6) is 0 Å². The summed E-state index contributed by atoms with van der Waals surface area (Å²) in [6, 6.07) is 2.93. The van der Waals surface area contributed by atoms with E-state index in [1.54, 1.807) is 0 Å². The van der Waals surface area contributed by atoms with Crippen LogP contribution >= 0.6 is 0 Å². The topological polar surface area (TPSA) is 6.48 Å². The van der Waals surface area contributed by atoms with Crippen molar-refractivity contribution < 1.29 is 0 Å². The van der Waals surface area contributed by atoms with Gasteiger partial charge in [0.15, 0.2) is 0 Å². The van der Waals surface area contributed by atoms with E-state index in [4.69, 9.17) is 0 Å². The highest BCUT2D eigenvalue weighted by Gasteiger charge is 2.46. The minimum atomic E-state index is 0.483. The molecule has 0 spiro atoms. The van der Waals surface area contributed by atoms with Crippen molar-refractivity contribution in [1.82, 2.24) is 9.80 Å². The monoisotopic (exact) mass is 238 g/mol. The molecule has 2 heteroatoms. The number of rotatable bonds is 2. The van der Waals surface area contributed by atoms with Gasteiger partial charge in [-0.2, -0.15) is 0 Å². The summed E-state index contributed by atoms with van der Waals surface area (Å²) in [4.78, 5) is 5.50. The summed E-state index contributed by atoms with van der Waals surface area (Å²) < 4.78 is 0. The van der Waals surface area contributed by atoms with Crippen LogP contribution in [0.3, 0.4) is 0 Å². The molecule has 2 bridgehead atoms. The lowest BCUT2D eigenvalue weighted by Crippen LogP contribution is -2.57. The number of piperidine rings is 1. The molecule has 2 unspecified atom stereocenters. The van der Waals surface area contributed by atoms with Gasteiger partial charge in [0.25, 0.3) is 0 Å². The molecule has 3 rings (SSSR count). The number of hydrogen-bond donors (Lipinski definition) is 0. The van der Waals surface area contributed by atoms with Gasteiger partial charge in [-0.15, -0.1) is 0 Å². The van der Waals surface area contributed by atoms with E-state index in [-0.39, 0.29) is 0 Å². The summed E-state index contributed by atoms with van der Waals surface area (Å²) >= 11 is 0. The van der Waals surface area contributed by atoms with Gasteiger partial charge in [-0.1, -0.05) is 13.8 Å². The highest BCUT2D eigenvalue weighted by atomic mass is 15.3. The Morgan fingerprint density at radius 3 is 2.12 bits per heavy atom. The molecule has 0 aromatic heterocycles. The van der Waals surface area contributed by atoms with Crippen molar-refractivity contribution >= 4 is 0 Å². The van der Waals surface area contributed by atoms with Crippen molar-refractivity contribution in [1.29, 1.82) is 0 Å². The highest BCUT2D eigenvalue weighted by molar-refractivity contribution is 5.01. The van der Waals surface area contributed by atoms with Crippen LogP contribution in [0.2, 0.25) is 0 Å². The second-order valence-corrected chi connectivity index (χ2v) is 7.27. The van der Waals surface area contributed by atoms with Crippen LogP contribution in [0.25, 0.3) is 0 Å². The third-order valence-electron chi connectivity index (χ3n) is 4.94. The molecule has 0 amide bonds. The summed E-state index contributed by atoms with van der Waals surface area (Å²) in [5.74, 6) is 0. The Hall–Kier alpha value is -0.0800. The molecular weight excluding hydrogens is 208 g/mol. The van der Waals surface area contributed by atoms with Crippen LogP contribution in [0, 0.1) is 5.41 Å². The number of hydrogen-bond acceptors (Lipinski definition) is 2. The van der Waals surface area contributed by atoms with Crippen molar-refractivity contribution in [3.63, 3.8) is 0 Å². The van der Waals surface area contributed by atoms with Crippen LogP contribution in [-0.2, 0) is 0 Å². The molecule has 100 valence electrons. The van der Waals surface area contributed by atoms with Crippen molar-refractivity contribution in [3.8, 4) is 0 Å². The van der Waals surface area contributed by atoms with E-state index in [9.17, 15) is 0 Å². The summed E-state index contributed by atoms with van der Waals surface area (Å²) in [5, 5.41) is 0. The molecule has 0 saturated carbocycles. The molecule has 3 fully saturated rings. The van der Waals surface area contributed by atoms with Crippen LogP contribution in [-0.4, -0.2) is 47.1 Å². The Bertz CT molecular complexity index is 270. The Balaban J connectivity index is 2.26. The largest absolute Gasteiger partial charge is 0.297 e. The summed E-state index contributed by atoms with van der Waals surface area (Å²) in [6.45, 7) is 16.9. The Morgan fingerprint density at radius 2 is 1.59 bits per heavy atom.